The number of likely N-dealkylation sites (tertiary alicyclic amines) is 1. The minimum absolute atomic E-state index is 0.103. The van der Waals surface area contributed by atoms with Gasteiger partial charge in [-0.1, -0.05) is 6.42 Å². The summed E-state index contributed by atoms with van der Waals surface area (Å²) in [6.45, 7) is 0.607. The molecule has 1 aromatic heterocycles. The van der Waals surface area contributed by atoms with E-state index in [0.29, 0.717) is 24.2 Å². The van der Waals surface area contributed by atoms with Crippen LogP contribution in [-0.2, 0) is 4.79 Å². The Morgan fingerprint density at radius 1 is 1.19 bits per heavy atom. The Labute approximate surface area is 123 Å². The highest BCUT2D eigenvalue weighted by molar-refractivity contribution is 5.96. The van der Waals surface area contributed by atoms with E-state index in [4.69, 9.17) is 0 Å². The van der Waals surface area contributed by atoms with Gasteiger partial charge in [0.05, 0.1) is 0 Å². The van der Waals surface area contributed by atoms with Crippen LogP contribution in [0.15, 0.2) is 18.3 Å². The van der Waals surface area contributed by atoms with Crippen LogP contribution in [0.2, 0.25) is 0 Å². The molecule has 3 atom stereocenters. The molecule has 1 amide bonds. The van der Waals surface area contributed by atoms with Crippen LogP contribution in [0.5, 0.6) is 0 Å². The van der Waals surface area contributed by atoms with Crippen LogP contribution in [0.1, 0.15) is 48.6 Å². The highest BCUT2D eigenvalue weighted by Crippen LogP contribution is 2.43. The minimum atomic E-state index is -0.845. The Balaban J connectivity index is 1.63. The maximum absolute atomic E-state index is 12.8. The fourth-order valence-corrected chi connectivity index (χ4v) is 4.22. The third kappa shape index (κ3) is 1.98. The number of fused-ring (bicyclic) bond motifs is 1. The fourth-order valence-electron chi connectivity index (χ4n) is 4.22. The first-order chi connectivity index (χ1) is 10.2. The fraction of sp³-hybridized carbons (Fsp3) is 0.625. The van der Waals surface area contributed by atoms with Crippen molar-refractivity contribution in [3.8, 4) is 0 Å². The summed E-state index contributed by atoms with van der Waals surface area (Å²) in [6.07, 6.45) is 7.26. The van der Waals surface area contributed by atoms with Gasteiger partial charge in [-0.3, -0.25) is 4.79 Å². The number of carboxylic acid groups (broad SMARTS) is 1. The Morgan fingerprint density at radius 3 is 2.71 bits per heavy atom. The van der Waals surface area contributed by atoms with Crippen molar-refractivity contribution in [3.63, 3.8) is 0 Å². The molecule has 3 aliphatic rings. The van der Waals surface area contributed by atoms with Gasteiger partial charge < -0.3 is 14.6 Å². The van der Waals surface area contributed by atoms with Gasteiger partial charge in [0.1, 0.15) is 11.7 Å². The zero-order valence-electron chi connectivity index (χ0n) is 11.9. The maximum atomic E-state index is 12.8. The normalized spacial score (nSPS) is 31.4. The second-order valence-electron chi connectivity index (χ2n) is 6.63. The molecule has 5 heteroatoms. The number of amides is 1. The van der Waals surface area contributed by atoms with Crippen LogP contribution in [0.4, 0.5) is 0 Å². The number of aromatic nitrogens is 1. The van der Waals surface area contributed by atoms with Gasteiger partial charge in [-0.25, -0.2) is 4.79 Å². The molecule has 0 aromatic carbocycles. The topological polar surface area (TPSA) is 62.5 Å². The highest BCUT2D eigenvalue weighted by Gasteiger charge is 2.50. The van der Waals surface area contributed by atoms with E-state index < -0.39 is 12.0 Å². The average molecular weight is 288 g/mol. The molecule has 0 bridgehead atoms. The SMILES string of the molecule is O=C(O)C1C2CCCC2CN1C(=O)c1cccn1C1CC1. The van der Waals surface area contributed by atoms with Crippen molar-refractivity contribution in [2.45, 2.75) is 44.2 Å². The van der Waals surface area contributed by atoms with Crippen LogP contribution in [0.3, 0.4) is 0 Å². The largest absolute Gasteiger partial charge is 0.480 e. The van der Waals surface area contributed by atoms with Gasteiger partial charge in [0.15, 0.2) is 0 Å². The molecule has 3 fully saturated rings. The number of carboxylic acids is 1. The van der Waals surface area contributed by atoms with Gasteiger partial charge in [-0.15, -0.1) is 0 Å². The van der Waals surface area contributed by atoms with Crippen molar-refractivity contribution >= 4 is 11.9 Å². The molecule has 4 rings (SSSR count). The van der Waals surface area contributed by atoms with E-state index in [9.17, 15) is 14.7 Å². The highest BCUT2D eigenvalue weighted by atomic mass is 16.4. The number of hydrogen-bond acceptors (Lipinski definition) is 2. The average Bonchev–Trinajstić information content (AvgIpc) is 2.90. The predicted octanol–water partition coefficient (Wildman–Crippen LogP) is 2.15. The Hall–Kier alpha value is -1.78. The van der Waals surface area contributed by atoms with E-state index in [1.54, 1.807) is 4.90 Å². The molecule has 1 aliphatic heterocycles. The van der Waals surface area contributed by atoms with Crippen LogP contribution in [0.25, 0.3) is 0 Å². The molecule has 2 aliphatic carbocycles. The summed E-state index contributed by atoms with van der Waals surface area (Å²) >= 11 is 0. The Bertz CT molecular complexity index is 590. The van der Waals surface area contributed by atoms with Gasteiger partial charge >= 0.3 is 5.97 Å². The van der Waals surface area contributed by atoms with E-state index in [0.717, 1.165) is 32.1 Å². The van der Waals surface area contributed by atoms with Crippen LogP contribution in [-0.4, -0.2) is 39.0 Å². The monoisotopic (exact) mass is 288 g/mol. The van der Waals surface area contributed by atoms with E-state index >= 15 is 0 Å². The molecule has 2 heterocycles. The molecule has 0 spiro atoms. The third-order valence-electron chi connectivity index (χ3n) is 5.34. The summed E-state index contributed by atoms with van der Waals surface area (Å²) in [5.41, 5.74) is 0.656. The zero-order valence-corrected chi connectivity index (χ0v) is 11.9. The summed E-state index contributed by atoms with van der Waals surface area (Å²) < 4.78 is 2.02. The van der Waals surface area contributed by atoms with Crippen molar-refractivity contribution < 1.29 is 14.7 Å². The molecule has 21 heavy (non-hydrogen) atoms. The molecule has 5 nitrogen and oxygen atoms in total. The molecule has 1 aromatic rings. The second kappa shape index (κ2) is 4.61. The van der Waals surface area contributed by atoms with Gasteiger partial charge in [0.25, 0.3) is 5.91 Å². The van der Waals surface area contributed by atoms with Crippen molar-refractivity contribution in [2.24, 2.45) is 11.8 Å². The van der Waals surface area contributed by atoms with Crippen LogP contribution >= 0.6 is 0 Å². The predicted molar refractivity (Wildman–Crippen MR) is 76.0 cm³/mol. The number of aliphatic carboxylic acids is 1. The number of hydrogen-bond donors (Lipinski definition) is 1. The summed E-state index contributed by atoms with van der Waals surface area (Å²) in [7, 11) is 0. The van der Waals surface area contributed by atoms with Gasteiger partial charge in [-0.2, -0.15) is 0 Å². The van der Waals surface area contributed by atoms with E-state index in [-0.39, 0.29) is 11.8 Å². The summed E-state index contributed by atoms with van der Waals surface area (Å²) in [5.74, 6) is -0.425. The summed E-state index contributed by atoms with van der Waals surface area (Å²) in [4.78, 5) is 26.1. The van der Waals surface area contributed by atoms with E-state index in [2.05, 4.69) is 0 Å². The number of rotatable bonds is 3. The second-order valence-corrected chi connectivity index (χ2v) is 6.63. The van der Waals surface area contributed by atoms with Crippen molar-refractivity contribution in [2.75, 3.05) is 6.54 Å². The number of carbonyl (C=O) groups excluding carboxylic acids is 1. The Kier molecular flexibility index (Phi) is 2.84. The van der Waals surface area contributed by atoms with Crippen LogP contribution < -0.4 is 0 Å². The zero-order chi connectivity index (χ0) is 14.6. The van der Waals surface area contributed by atoms with Crippen molar-refractivity contribution in [1.82, 2.24) is 9.47 Å². The molecule has 0 radical (unpaired) electrons. The first-order valence-corrected chi connectivity index (χ1v) is 7.87. The summed E-state index contributed by atoms with van der Waals surface area (Å²) in [6, 6.07) is 3.52. The molecule has 3 unspecified atom stereocenters. The molecule has 1 N–H and O–H groups in total. The van der Waals surface area contributed by atoms with Crippen LogP contribution in [0, 0.1) is 11.8 Å². The Morgan fingerprint density at radius 2 is 2.00 bits per heavy atom. The smallest absolute Gasteiger partial charge is 0.326 e. The quantitative estimate of drug-likeness (QED) is 0.927. The first kappa shape index (κ1) is 12.9. The summed E-state index contributed by atoms with van der Waals surface area (Å²) in [5, 5.41) is 9.57. The lowest BCUT2D eigenvalue weighted by molar-refractivity contribution is -0.142. The lowest BCUT2D eigenvalue weighted by Gasteiger charge is -2.25. The minimum Gasteiger partial charge on any atom is -0.480 e. The lowest BCUT2D eigenvalue weighted by atomic mass is 9.94. The molecule has 2 saturated carbocycles. The number of nitrogens with zero attached hydrogens (tertiary/aromatic N) is 2. The van der Waals surface area contributed by atoms with E-state index in [1.807, 2.05) is 22.9 Å². The molecule has 112 valence electrons. The van der Waals surface area contributed by atoms with Gasteiger partial charge in [0.2, 0.25) is 0 Å². The number of carbonyl (C=O) groups is 2. The molecule has 1 saturated heterocycles. The molecular formula is C16H20N2O3. The van der Waals surface area contributed by atoms with Gasteiger partial charge in [-0.05, 0) is 49.7 Å². The molecular weight excluding hydrogens is 268 g/mol. The third-order valence-corrected chi connectivity index (χ3v) is 5.34. The first-order valence-electron chi connectivity index (χ1n) is 7.87. The standard InChI is InChI=1S/C16H20N2O3/c19-15(13-5-2-8-17(13)11-6-7-11)18-9-10-3-1-4-12(10)14(18)16(20)21/h2,5,8,10-12,14H,1,3-4,6-7,9H2,(H,20,21). The maximum Gasteiger partial charge on any atom is 0.326 e. The van der Waals surface area contributed by atoms with Crippen molar-refractivity contribution in [3.05, 3.63) is 24.0 Å². The lowest BCUT2D eigenvalue weighted by Crippen LogP contribution is -2.43. The van der Waals surface area contributed by atoms with Crippen molar-refractivity contribution in [1.29, 1.82) is 0 Å². The van der Waals surface area contributed by atoms with E-state index in [1.165, 1.54) is 0 Å². The van der Waals surface area contributed by atoms with Gasteiger partial charge in [0, 0.05) is 18.8 Å².